The molecular formula is C26H28F3N3O3S. The Morgan fingerprint density at radius 2 is 1.92 bits per heavy atom. The Bertz CT molecular complexity index is 1100. The summed E-state index contributed by atoms with van der Waals surface area (Å²) in [6, 6.07) is 13.8. The number of nitriles is 1. The molecule has 2 heterocycles. The normalized spacial score (nSPS) is 18.6. The molecule has 1 amide bonds. The van der Waals surface area contributed by atoms with Crippen LogP contribution in [0.5, 0.6) is 5.75 Å². The third kappa shape index (κ3) is 6.26. The summed E-state index contributed by atoms with van der Waals surface area (Å²) < 4.78 is 51.9. The first-order valence-electron chi connectivity index (χ1n) is 11.7. The number of likely N-dealkylation sites (tertiary alicyclic amines) is 1. The molecular weight excluding hydrogens is 491 g/mol. The molecule has 2 aromatic carbocycles. The van der Waals surface area contributed by atoms with Crippen molar-refractivity contribution in [1.82, 2.24) is 9.80 Å². The molecule has 0 bridgehead atoms. The van der Waals surface area contributed by atoms with Crippen LogP contribution < -0.4 is 4.74 Å². The number of benzene rings is 2. The first-order chi connectivity index (χ1) is 17.2. The lowest BCUT2D eigenvalue weighted by Crippen LogP contribution is -2.47. The van der Waals surface area contributed by atoms with Crippen LogP contribution >= 0.6 is 11.8 Å². The van der Waals surface area contributed by atoms with E-state index >= 15 is 0 Å². The van der Waals surface area contributed by atoms with Gasteiger partial charge in [-0.25, -0.2) is 4.79 Å². The van der Waals surface area contributed by atoms with Crippen molar-refractivity contribution >= 4 is 17.9 Å². The van der Waals surface area contributed by atoms with E-state index in [4.69, 9.17) is 14.7 Å². The Balaban J connectivity index is 1.43. The number of alkyl halides is 3. The Hall–Kier alpha value is -2.90. The highest BCUT2D eigenvalue weighted by Gasteiger charge is 2.46. The third-order valence-electron chi connectivity index (χ3n) is 6.65. The zero-order valence-corrected chi connectivity index (χ0v) is 20.8. The maximum absolute atomic E-state index is 13.3. The number of nitrogens with zero attached hydrogens (tertiary/aromatic N) is 3. The van der Waals surface area contributed by atoms with Gasteiger partial charge in [-0.3, -0.25) is 4.90 Å². The van der Waals surface area contributed by atoms with Gasteiger partial charge in [0.05, 0.1) is 29.6 Å². The third-order valence-corrected chi connectivity index (χ3v) is 7.22. The highest BCUT2D eigenvalue weighted by atomic mass is 32.2. The van der Waals surface area contributed by atoms with Crippen LogP contribution in [0, 0.1) is 11.3 Å². The van der Waals surface area contributed by atoms with Gasteiger partial charge in [-0.15, -0.1) is 11.8 Å². The molecule has 2 aromatic rings. The van der Waals surface area contributed by atoms with Gasteiger partial charge in [0.15, 0.2) is 0 Å². The fourth-order valence-electron chi connectivity index (χ4n) is 4.67. The quantitative estimate of drug-likeness (QED) is 0.446. The lowest BCUT2D eigenvalue weighted by atomic mass is 9.91. The lowest BCUT2D eigenvalue weighted by Gasteiger charge is -2.37. The van der Waals surface area contributed by atoms with E-state index in [1.807, 2.05) is 12.3 Å². The maximum Gasteiger partial charge on any atom is 0.416 e. The van der Waals surface area contributed by atoms with Crippen LogP contribution in [0.1, 0.15) is 42.1 Å². The fourth-order valence-corrected chi connectivity index (χ4v) is 5.18. The summed E-state index contributed by atoms with van der Waals surface area (Å²) in [7, 11) is 0. The molecule has 0 radical (unpaired) electrons. The number of carbonyl (C=O) groups is 1. The summed E-state index contributed by atoms with van der Waals surface area (Å²) in [6.45, 7) is 2.67. The minimum Gasteiger partial charge on any atom is -0.486 e. The molecule has 36 heavy (non-hydrogen) atoms. The van der Waals surface area contributed by atoms with Crippen LogP contribution in [0.2, 0.25) is 0 Å². The number of piperidine rings is 1. The van der Waals surface area contributed by atoms with Gasteiger partial charge in [-0.2, -0.15) is 18.4 Å². The van der Waals surface area contributed by atoms with Crippen LogP contribution in [0.25, 0.3) is 0 Å². The van der Waals surface area contributed by atoms with Gasteiger partial charge in [-0.05, 0) is 48.2 Å². The van der Waals surface area contributed by atoms with Crippen molar-refractivity contribution in [3.8, 4) is 11.8 Å². The predicted molar refractivity (Wildman–Crippen MR) is 131 cm³/mol. The van der Waals surface area contributed by atoms with Crippen LogP contribution in [0.4, 0.5) is 18.0 Å². The topological polar surface area (TPSA) is 65.8 Å². The van der Waals surface area contributed by atoms with Crippen molar-refractivity contribution in [3.63, 3.8) is 0 Å². The van der Waals surface area contributed by atoms with E-state index in [1.165, 1.54) is 6.07 Å². The second kappa shape index (κ2) is 11.0. The summed E-state index contributed by atoms with van der Waals surface area (Å²) in [6.07, 6.45) is -1.45. The molecule has 0 unspecified atom stereocenters. The predicted octanol–water partition coefficient (Wildman–Crippen LogP) is 5.69. The Kier molecular flexibility index (Phi) is 8.00. The average molecular weight is 520 g/mol. The van der Waals surface area contributed by atoms with E-state index in [9.17, 15) is 18.0 Å². The van der Waals surface area contributed by atoms with E-state index in [1.54, 1.807) is 47.0 Å². The van der Waals surface area contributed by atoms with Crippen molar-refractivity contribution in [1.29, 1.82) is 5.26 Å². The molecule has 10 heteroatoms. The van der Waals surface area contributed by atoms with Gasteiger partial charge in [0, 0.05) is 38.9 Å². The van der Waals surface area contributed by atoms with Crippen molar-refractivity contribution in [3.05, 3.63) is 65.2 Å². The lowest BCUT2D eigenvalue weighted by molar-refractivity contribution is -0.137. The molecule has 4 rings (SSSR count). The van der Waals surface area contributed by atoms with Crippen molar-refractivity contribution in [2.45, 2.75) is 37.1 Å². The average Bonchev–Trinajstić information content (AvgIpc) is 3.17. The molecule has 2 saturated heterocycles. The van der Waals surface area contributed by atoms with Crippen LogP contribution in [-0.2, 0) is 10.9 Å². The fraction of sp³-hybridized carbons (Fsp3) is 0.462. The molecule has 0 aliphatic carbocycles. The molecule has 2 fully saturated rings. The molecule has 1 spiro atoms. The van der Waals surface area contributed by atoms with Gasteiger partial charge < -0.3 is 14.4 Å². The first-order valence-corrected chi connectivity index (χ1v) is 13.1. The molecule has 0 saturated carbocycles. The number of hydrogen-bond acceptors (Lipinski definition) is 6. The second-order valence-corrected chi connectivity index (χ2v) is 10.00. The zero-order chi connectivity index (χ0) is 25.8. The Labute approximate surface area is 213 Å². The summed E-state index contributed by atoms with van der Waals surface area (Å²) >= 11 is 1.58. The monoisotopic (exact) mass is 519 g/mol. The standard InChI is InChI=1S/C26H28F3N3O3S/c1-36-18-32-17-25(35-24(32)33)10-13-31(14-11-25)12-9-23(34-22-7-5-19(16-30)6-8-22)20-3-2-4-21(15-20)26(27,28)29/h2-8,15,23H,9-14,17-18H2,1H3/t23-/m0/s1. The number of amides is 1. The van der Waals surface area contributed by atoms with E-state index < -0.39 is 23.4 Å². The molecule has 1 atom stereocenters. The molecule has 2 aliphatic rings. The Morgan fingerprint density at radius 1 is 1.19 bits per heavy atom. The highest BCUT2D eigenvalue weighted by Crippen LogP contribution is 2.35. The zero-order valence-electron chi connectivity index (χ0n) is 20.0. The van der Waals surface area contributed by atoms with Gasteiger partial charge in [0.25, 0.3) is 0 Å². The first kappa shape index (κ1) is 26.2. The van der Waals surface area contributed by atoms with E-state index in [0.717, 1.165) is 25.2 Å². The Morgan fingerprint density at radius 3 is 2.56 bits per heavy atom. The second-order valence-electron chi connectivity index (χ2n) is 9.16. The summed E-state index contributed by atoms with van der Waals surface area (Å²) in [5.41, 5.74) is -0.252. The molecule has 192 valence electrons. The SMILES string of the molecule is CSCN1CC2(CCN(CC[C@H](Oc3ccc(C#N)cc3)c3cccc(C(F)(F)F)c3)CC2)OC1=O. The van der Waals surface area contributed by atoms with Gasteiger partial charge >= 0.3 is 12.3 Å². The number of thioether (sulfide) groups is 1. The molecule has 0 aromatic heterocycles. The number of rotatable bonds is 8. The summed E-state index contributed by atoms with van der Waals surface area (Å²) in [5.74, 6) is 1.09. The van der Waals surface area contributed by atoms with Gasteiger partial charge in [-0.1, -0.05) is 12.1 Å². The van der Waals surface area contributed by atoms with Crippen molar-refractivity contribution in [2.75, 3.05) is 38.3 Å². The highest BCUT2D eigenvalue weighted by molar-refractivity contribution is 7.98. The van der Waals surface area contributed by atoms with Gasteiger partial charge in [0.2, 0.25) is 0 Å². The van der Waals surface area contributed by atoms with Gasteiger partial charge in [0.1, 0.15) is 17.5 Å². The minimum atomic E-state index is -4.45. The molecule has 0 N–H and O–H groups in total. The summed E-state index contributed by atoms with van der Waals surface area (Å²) in [5, 5.41) is 9.02. The van der Waals surface area contributed by atoms with Crippen LogP contribution in [0.3, 0.4) is 0 Å². The molecule has 2 aliphatic heterocycles. The largest absolute Gasteiger partial charge is 0.486 e. The van der Waals surface area contributed by atoms with E-state index in [0.29, 0.717) is 55.1 Å². The van der Waals surface area contributed by atoms with Crippen LogP contribution in [-0.4, -0.2) is 59.8 Å². The maximum atomic E-state index is 13.3. The number of hydrogen-bond donors (Lipinski definition) is 0. The van der Waals surface area contributed by atoms with Crippen molar-refractivity contribution < 1.29 is 27.4 Å². The summed E-state index contributed by atoms with van der Waals surface area (Å²) in [4.78, 5) is 16.1. The van der Waals surface area contributed by atoms with E-state index in [-0.39, 0.29) is 6.09 Å². The number of ether oxygens (including phenoxy) is 2. The minimum absolute atomic E-state index is 0.266. The smallest absolute Gasteiger partial charge is 0.416 e. The number of carbonyl (C=O) groups excluding carboxylic acids is 1. The molecule has 6 nitrogen and oxygen atoms in total. The van der Waals surface area contributed by atoms with E-state index in [2.05, 4.69) is 4.90 Å². The van der Waals surface area contributed by atoms with Crippen molar-refractivity contribution in [2.24, 2.45) is 0 Å². The van der Waals surface area contributed by atoms with Crippen LogP contribution in [0.15, 0.2) is 48.5 Å². The number of halogens is 3.